The van der Waals surface area contributed by atoms with Crippen LogP contribution in [0, 0.1) is 5.82 Å². The molecule has 0 heterocycles. The van der Waals surface area contributed by atoms with Crippen LogP contribution >= 0.6 is 12.2 Å². The van der Waals surface area contributed by atoms with Crippen molar-refractivity contribution >= 4 is 23.5 Å². The normalized spacial score (nSPS) is 12.1. The lowest BCUT2D eigenvalue weighted by molar-refractivity contribution is 0.626. The van der Waals surface area contributed by atoms with Crippen molar-refractivity contribution in [3.8, 4) is 0 Å². The Bertz CT molecular complexity index is 626. The molecule has 0 aromatic heterocycles. The number of halogens is 1. The van der Waals surface area contributed by atoms with Crippen LogP contribution in [0.1, 0.15) is 24.0 Å². The third-order valence-corrected chi connectivity index (χ3v) is 3.39. The number of nitrogens with one attached hydrogen (secondary N) is 2. The summed E-state index contributed by atoms with van der Waals surface area (Å²) < 4.78 is 12.8. The third kappa shape index (κ3) is 5.26. The minimum atomic E-state index is -0.246. The molecule has 2 rings (SSSR count). The summed E-state index contributed by atoms with van der Waals surface area (Å²) in [4.78, 5) is 0. The summed E-state index contributed by atoms with van der Waals surface area (Å²) in [6.45, 7) is 2.59. The van der Waals surface area contributed by atoms with Gasteiger partial charge in [-0.2, -0.15) is 5.10 Å². The maximum atomic E-state index is 12.8. The van der Waals surface area contributed by atoms with E-state index >= 15 is 0 Å². The van der Waals surface area contributed by atoms with Crippen molar-refractivity contribution in [3.05, 3.63) is 71.5 Å². The average Bonchev–Trinajstić information content (AvgIpc) is 2.55. The van der Waals surface area contributed by atoms with Gasteiger partial charge in [-0.1, -0.05) is 49.4 Å². The van der Waals surface area contributed by atoms with Crippen molar-refractivity contribution in [1.82, 2.24) is 10.7 Å². The van der Waals surface area contributed by atoms with Crippen molar-refractivity contribution in [2.75, 3.05) is 0 Å². The first-order chi connectivity index (χ1) is 10.6. The summed E-state index contributed by atoms with van der Waals surface area (Å²) in [7, 11) is 0. The highest BCUT2D eigenvalue weighted by molar-refractivity contribution is 7.80. The lowest BCUT2D eigenvalue weighted by atomic mass is 10.0. The molecule has 2 aromatic rings. The Morgan fingerprint density at radius 2 is 1.86 bits per heavy atom. The van der Waals surface area contributed by atoms with Crippen LogP contribution in [0.4, 0.5) is 4.39 Å². The van der Waals surface area contributed by atoms with Crippen LogP contribution < -0.4 is 10.7 Å². The fourth-order valence-corrected chi connectivity index (χ4v) is 2.00. The molecule has 3 nitrogen and oxygen atoms in total. The zero-order valence-electron chi connectivity index (χ0n) is 12.3. The van der Waals surface area contributed by atoms with Gasteiger partial charge < -0.3 is 5.32 Å². The van der Waals surface area contributed by atoms with Gasteiger partial charge in [-0.15, -0.1) is 0 Å². The minimum absolute atomic E-state index is 0.202. The Hall–Kier alpha value is -2.27. The van der Waals surface area contributed by atoms with Crippen LogP contribution in [0.15, 0.2) is 59.7 Å². The topological polar surface area (TPSA) is 36.4 Å². The number of rotatable bonds is 5. The van der Waals surface area contributed by atoms with Gasteiger partial charge in [0.2, 0.25) is 0 Å². The third-order valence-electron chi connectivity index (χ3n) is 3.16. The van der Waals surface area contributed by atoms with Crippen LogP contribution in [-0.2, 0) is 6.54 Å². The molecule has 5 heteroatoms. The number of benzene rings is 2. The van der Waals surface area contributed by atoms with E-state index in [-0.39, 0.29) is 11.7 Å². The second-order valence-corrected chi connectivity index (χ2v) is 5.31. The number of nitrogens with zero attached hydrogens (tertiary/aromatic N) is 1. The molecule has 2 N–H and O–H groups in total. The first kappa shape index (κ1) is 16.1. The van der Waals surface area contributed by atoms with E-state index in [2.05, 4.69) is 34.9 Å². The van der Waals surface area contributed by atoms with Gasteiger partial charge in [0, 0.05) is 18.7 Å². The second-order valence-electron chi connectivity index (χ2n) is 4.90. The first-order valence-electron chi connectivity index (χ1n) is 7.01. The quantitative estimate of drug-likeness (QED) is 0.503. The zero-order valence-corrected chi connectivity index (χ0v) is 13.1. The van der Waals surface area contributed by atoms with Crippen LogP contribution in [0.5, 0.6) is 0 Å². The molecule has 0 unspecified atom stereocenters. The molecular weight excluding hydrogens is 297 g/mol. The summed E-state index contributed by atoms with van der Waals surface area (Å²) in [5, 5.41) is 7.58. The van der Waals surface area contributed by atoms with Gasteiger partial charge in [-0.05, 0) is 35.5 Å². The Morgan fingerprint density at radius 3 is 2.55 bits per heavy atom. The molecule has 0 spiro atoms. The predicted molar refractivity (Wildman–Crippen MR) is 92.3 cm³/mol. The molecule has 0 fully saturated rings. The Morgan fingerprint density at radius 1 is 1.18 bits per heavy atom. The van der Waals surface area contributed by atoms with Gasteiger partial charge in [-0.25, -0.2) is 4.39 Å². The minimum Gasteiger partial charge on any atom is -0.357 e. The molecule has 22 heavy (non-hydrogen) atoms. The molecule has 114 valence electrons. The van der Waals surface area contributed by atoms with E-state index in [0.29, 0.717) is 11.7 Å². The number of hydrogen-bond donors (Lipinski definition) is 2. The molecule has 0 bridgehead atoms. The van der Waals surface area contributed by atoms with E-state index in [1.165, 1.54) is 17.7 Å². The van der Waals surface area contributed by atoms with E-state index in [1.54, 1.807) is 18.3 Å². The fourth-order valence-electron chi connectivity index (χ4n) is 1.87. The highest BCUT2D eigenvalue weighted by atomic mass is 32.1. The summed E-state index contributed by atoms with van der Waals surface area (Å²) >= 11 is 5.14. The molecule has 0 amide bonds. The number of hydrogen-bond acceptors (Lipinski definition) is 2. The molecule has 0 saturated carbocycles. The van der Waals surface area contributed by atoms with E-state index in [9.17, 15) is 4.39 Å². The van der Waals surface area contributed by atoms with Crippen LogP contribution in [0.3, 0.4) is 0 Å². The average molecular weight is 315 g/mol. The largest absolute Gasteiger partial charge is 0.357 e. The van der Waals surface area contributed by atoms with Crippen LogP contribution in [0.25, 0.3) is 0 Å². The Labute approximate surface area is 135 Å². The lowest BCUT2D eigenvalue weighted by Gasteiger charge is -2.08. The smallest absolute Gasteiger partial charge is 0.187 e. The molecule has 2 aromatic carbocycles. The van der Waals surface area contributed by atoms with E-state index in [4.69, 9.17) is 12.2 Å². The van der Waals surface area contributed by atoms with Crippen molar-refractivity contribution in [1.29, 1.82) is 0 Å². The van der Waals surface area contributed by atoms with Crippen molar-refractivity contribution in [2.24, 2.45) is 5.10 Å². The van der Waals surface area contributed by atoms with E-state index in [1.807, 2.05) is 18.2 Å². The fraction of sp³-hybridized carbons (Fsp3) is 0.176. The van der Waals surface area contributed by atoms with Gasteiger partial charge in [0.1, 0.15) is 5.82 Å². The van der Waals surface area contributed by atoms with Gasteiger partial charge in [0.05, 0.1) is 0 Å². The summed E-state index contributed by atoms with van der Waals surface area (Å²) in [5.41, 5.74) is 4.92. The van der Waals surface area contributed by atoms with Crippen LogP contribution in [-0.4, -0.2) is 11.3 Å². The number of hydrazone groups is 1. The summed E-state index contributed by atoms with van der Waals surface area (Å²) in [6.07, 6.45) is 1.81. The Kier molecular flexibility index (Phi) is 6.03. The molecule has 0 radical (unpaired) electrons. The molecule has 0 saturated heterocycles. The van der Waals surface area contributed by atoms with Crippen molar-refractivity contribution in [2.45, 2.75) is 19.4 Å². The standard InChI is InChI=1S/C17H18FN3S/c1-13(15-5-3-2-4-6-15)11-20-21-17(22)19-12-14-7-9-16(18)10-8-14/h2-11,13H,12H2,1H3,(H2,19,21,22)/b20-11-/t13-/m1/s1. The van der Waals surface area contributed by atoms with Crippen molar-refractivity contribution < 1.29 is 4.39 Å². The van der Waals surface area contributed by atoms with E-state index in [0.717, 1.165) is 5.56 Å². The molecule has 1 atom stereocenters. The van der Waals surface area contributed by atoms with Gasteiger partial charge >= 0.3 is 0 Å². The van der Waals surface area contributed by atoms with Crippen LogP contribution in [0.2, 0.25) is 0 Å². The summed E-state index contributed by atoms with van der Waals surface area (Å²) in [5.74, 6) is -0.0439. The van der Waals surface area contributed by atoms with Gasteiger partial charge in [-0.3, -0.25) is 5.43 Å². The van der Waals surface area contributed by atoms with E-state index < -0.39 is 0 Å². The molecule has 0 aliphatic carbocycles. The highest BCUT2D eigenvalue weighted by Gasteiger charge is 2.01. The zero-order chi connectivity index (χ0) is 15.8. The van der Waals surface area contributed by atoms with Gasteiger partial charge in [0.25, 0.3) is 0 Å². The molecule has 0 aliphatic rings. The monoisotopic (exact) mass is 315 g/mol. The highest BCUT2D eigenvalue weighted by Crippen LogP contribution is 2.11. The lowest BCUT2D eigenvalue weighted by Crippen LogP contribution is -2.31. The molecular formula is C17H18FN3S. The maximum absolute atomic E-state index is 12.8. The van der Waals surface area contributed by atoms with Crippen molar-refractivity contribution in [3.63, 3.8) is 0 Å². The summed E-state index contributed by atoms with van der Waals surface area (Å²) in [6, 6.07) is 16.4. The van der Waals surface area contributed by atoms with Gasteiger partial charge in [0.15, 0.2) is 5.11 Å². The first-order valence-corrected chi connectivity index (χ1v) is 7.42. The molecule has 0 aliphatic heterocycles. The maximum Gasteiger partial charge on any atom is 0.187 e. The Balaban J connectivity index is 1.75. The number of thiocarbonyl (C=S) groups is 1. The SMILES string of the molecule is C[C@H](/C=N\NC(=S)NCc1ccc(F)cc1)c1ccccc1. The second kappa shape index (κ2) is 8.24. The predicted octanol–water partition coefficient (Wildman–Crippen LogP) is 3.58.